The van der Waals surface area contributed by atoms with Crippen LogP contribution >= 0.6 is 11.3 Å². The molecule has 2 amide bonds. The summed E-state index contributed by atoms with van der Waals surface area (Å²) in [5.41, 5.74) is 0.514. The standard InChI is InChI=1S/C26H33F2N5O3S/c1-14-9-19(31-16(3)17-5-6-17)29-11-18(14)21-20(24(35)33-13-26(27,28)10-15(33)2)32-23(37-21)22(34)30-12-25(36)7-4-8-25/h9,11,15-17,36H,4-8,10,12-13H2,1-3H3,(H,29,31)(H,30,34)/t15-,16-/m0/s1. The summed E-state index contributed by atoms with van der Waals surface area (Å²) >= 11 is 1.03. The summed E-state index contributed by atoms with van der Waals surface area (Å²) in [6.45, 7) is 5.01. The first-order chi connectivity index (χ1) is 17.4. The molecule has 5 rings (SSSR count). The highest BCUT2D eigenvalue weighted by Gasteiger charge is 2.46. The minimum atomic E-state index is -2.97. The molecule has 2 saturated carbocycles. The third-order valence-electron chi connectivity index (χ3n) is 7.73. The molecule has 0 unspecified atom stereocenters. The lowest BCUT2D eigenvalue weighted by atomic mass is 9.80. The first kappa shape index (κ1) is 26.0. The fourth-order valence-electron chi connectivity index (χ4n) is 5.07. The molecule has 3 heterocycles. The van der Waals surface area contributed by atoms with Crippen molar-refractivity contribution in [3.63, 3.8) is 0 Å². The number of nitrogens with zero attached hydrogens (tertiary/aromatic N) is 3. The molecule has 3 fully saturated rings. The van der Waals surface area contributed by atoms with Crippen molar-refractivity contribution in [2.45, 2.75) is 82.9 Å². The zero-order chi connectivity index (χ0) is 26.5. The van der Waals surface area contributed by atoms with Gasteiger partial charge in [0.2, 0.25) is 0 Å². The highest BCUT2D eigenvalue weighted by Crippen LogP contribution is 2.38. The molecule has 0 aromatic carbocycles. The summed E-state index contributed by atoms with van der Waals surface area (Å²) in [5, 5.41) is 16.5. The van der Waals surface area contributed by atoms with Gasteiger partial charge in [-0.15, -0.1) is 11.3 Å². The Bertz CT molecular complexity index is 1210. The van der Waals surface area contributed by atoms with Crippen LogP contribution in [-0.2, 0) is 0 Å². The Kier molecular flexibility index (Phi) is 6.72. The Morgan fingerprint density at radius 1 is 1.32 bits per heavy atom. The van der Waals surface area contributed by atoms with E-state index in [4.69, 9.17) is 0 Å². The maximum atomic E-state index is 14.1. The van der Waals surface area contributed by atoms with Crippen LogP contribution in [0.5, 0.6) is 0 Å². The average molecular weight is 534 g/mol. The Labute approximate surface area is 218 Å². The number of hydrogen-bond donors (Lipinski definition) is 3. The number of aryl methyl sites for hydroxylation is 1. The molecular formula is C26H33F2N5O3S. The molecule has 2 aromatic heterocycles. The van der Waals surface area contributed by atoms with E-state index in [9.17, 15) is 23.5 Å². The van der Waals surface area contributed by atoms with Crippen LogP contribution in [0.15, 0.2) is 12.3 Å². The molecule has 0 radical (unpaired) electrons. The molecule has 0 spiro atoms. The van der Waals surface area contributed by atoms with Crippen LogP contribution < -0.4 is 10.6 Å². The zero-order valence-electron chi connectivity index (χ0n) is 21.3. The molecule has 1 aliphatic heterocycles. The number of halogens is 2. The van der Waals surface area contributed by atoms with Crippen molar-refractivity contribution in [3.8, 4) is 10.4 Å². The van der Waals surface area contributed by atoms with Gasteiger partial charge in [0.05, 0.1) is 17.0 Å². The van der Waals surface area contributed by atoms with Crippen LogP contribution in [0.3, 0.4) is 0 Å². The van der Waals surface area contributed by atoms with E-state index in [-0.39, 0.29) is 17.2 Å². The van der Waals surface area contributed by atoms with Crippen LogP contribution in [0, 0.1) is 12.8 Å². The SMILES string of the molecule is Cc1cc(N[C@@H](C)C2CC2)ncc1-c1sc(C(=O)NCC2(O)CCC2)nc1C(=O)N1CC(F)(F)C[C@@H]1C. The third kappa shape index (κ3) is 5.47. The number of carbonyl (C=O) groups is 2. The highest BCUT2D eigenvalue weighted by molar-refractivity contribution is 7.17. The van der Waals surface area contributed by atoms with Crippen molar-refractivity contribution in [1.82, 2.24) is 20.2 Å². The second kappa shape index (κ2) is 9.58. The molecule has 1 saturated heterocycles. The Morgan fingerprint density at radius 2 is 2.05 bits per heavy atom. The minimum Gasteiger partial charge on any atom is -0.388 e. The van der Waals surface area contributed by atoms with E-state index in [1.54, 1.807) is 13.1 Å². The summed E-state index contributed by atoms with van der Waals surface area (Å²) < 4.78 is 28.2. The van der Waals surface area contributed by atoms with Crippen LogP contribution in [0.25, 0.3) is 10.4 Å². The smallest absolute Gasteiger partial charge is 0.280 e. The molecule has 0 bridgehead atoms. The number of hydrogen-bond acceptors (Lipinski definition) is 7. The molecule has 2 aromatic rings. The molecule has 8 nitrogen and oxygen atoms in total. The molecule has 3 aliphatic rings. The summed E-state index contributed by atoms with van der Waals surface area (Å²) in [7, 11) is 0. The van der Waals surface area contributed by atoms with Gasteiger partial charge < -0.3 is 20.6 Å². The van der Waals surface area contributed by atoms with Gasteiger partial charge in [0.1, 0.15) is 11.5 Å². The number of alkyl halides is 2. The number of nitrogens with one attached hydrogen (secondary N) is 2. The third-order valence-corrected chi connectivity index (χ3v) is 8.82. The molecule has 3 N–H and O–H groups in total. The van der Waals surface area contributed by atoms with Gasteiger partial charge in [-0.1, -0.05) is 0 Å². The van der Waals surface area contributed by atoms with E-state index in [0.29, 0.717) is 35.2 Å². The van der Waals surface area contributed by atoms with Crippen molar-refractivity contribution in [3.05, 3.63) is 28.5 Å². The summed E-state index contributed by atoms with van der Waals surface area (Å²) in [6.07, 6.45) is 5.77. The van der Waals surface area contributed by atoms with E-state index >= 15 is 0 Å². The number of anilines is 1. The Balaban J connectivity index is 1.45. The number of thiazole rings is 1. The fraction of sp³-hybridized carbons (Fsp3) is 0.615. The molecule has 11 heteroatoms. The molecule has 2 aliphatic carbocycles. The van der Waals surface area contributed by atoms with Crippen LogP contribution in [0.4, 0.5) is 14.6 Å². The van der Waals surface area contributed by atoms with Gasteiger partial charge in [-0.25, -0.2) is 18.7 Å². The predicted molar refractivity (Wildman–Crippen MR) is 137 cm³/mol. The van der Waals surface area contributed by atoms with E-state index in [1.807, 2.05) is 13.0 Å². The number of aromatic nitrogens is 2. The second-order valence-electron chi connectivity index (χ2n) is 11.0. The van der Waals surface area contributed by atoms with E-state index < -0.39 is 42.3 Å². The van der Waals surface area contributed by atoms with Gasteiger partial charge in [-0.05, 0) is 70.4 Å². The van der Waals surface area contributed by atoms with Crippen molar-refractivity contribution in [2.24, 2.45) is 5.92 Å². The Morgan fingerprint density at radius 3 is 2.62 bits per heavy atom. The number of pyridine rings is 1. The maximum absolute atomic E-state index is 14.1. The fourth-order valence-corrected chi connectivity index (χ4v) is 6.12. The molecule has 37 heavy (non-hydrogen) atoms. The van der Waals surface area contributed by atoms with Crippen LogP contribution in [-0.4, -0.2) is 68.5 Å². The number of aliphatic hydroxyl groups is 1. The topological polar surface area (TPSA) is 107 Å². The number of amides is 2. The second-order valence-corrected chi connectivity index (χ2v) is 12.0. The molecule has 200 valence electrons. The lowest BCUT2D eigenvalue weighted by molar-refractivity contribution is -0.0300. The molecule has 2 atom stereocenters. The number of carbonyl (C=O) groups excluding carboxylic acids is 2. The number of likely N-dealkylation sites (tertiary alicyclic amines) is 1. The lowest BCUT2D eigenvalue weighted by Crippen LogP contribution is -2.47. The predicted octanol–water partition coefficient (Wildman–Crippen LogP) is 4.24. The van der Waals surface area contributed by atoms with Gasteiger partial charge in [0.15, 0.2) is 5.01 Å². The van der Waals surface area contributed by atoms with Gasteiger partial charge in [-0.2, -0.15) is 0 Å². The van der Waals surface area contributed by atoms with Crippen molar-refractivity contribution in [1.29, 1.82) is 0 Å². The van der Waals surface area contributed by atoms with E-state index in [0.717, 1.165) is 34.0 Å². The highest BCUT2D eigenvalue weighted by atomic mass is 32.1. The largest absolute Gasteiger partial charge is 0.388 e. The van der Waals surface area contributed by atoms with E-state index in [2.05, 4.69) is 27.5 Å². The van der Waals surface area contributed by atoms with E-state index in [1.165, 1.54) is 12.8 Å². The maximum Gasteiger partial charge on any atom is 0.280 e. The van der Waals surface area contributed by atoms with Crippen LogP contribution in [0.1, 0.15) is 78.2 Å². The first-order valence-electron chi connectivity index (χ1n) is 12.9. The average Bonchev–Trinajstić information content (AvgIpc) is 3.51. The summed E-state index contributed by atoms with van der Waals surface area (Å²) in [6, 6.07) is 1.54. The van der Waals surface area contributed by atoms with Gasteiger partial charge in [0, 0.05) is 36.8 Å². The minimum absolute atomic E-state index is 0.0287. The van der Waals surface area contributed by atoms with Crippen LogP contribution in [0.2, 0.25) is 0 Å². The van der Waals surface area contributed by atoms with Gasteiger partial charge >= 0.3 is 0 Å². The van der Waals surface area contributed by atoms with Gasteiger partial charge in [0.25, 0.3) is 17.7 Å². The van der Waals surface area contributed by atoms with Crippen molar-refractivity contribution >= 4 is 29.0 Å². The monoisotopic (exact) mass is 533 g/mol. The Hall–Kier alpha value is -2.66. The number of rotatable bonds is 8. The van der Waals surface area contributed by atoms with Gasteiger partial charge in [-0.3, -0.25) is 9.59 Å². The first-order valence-corrected chi connectivity index (χ1v) is 13.7. The quantitative estimate of drug-likeness (QED) is 0.469. The van der Waals surface area contributed by atoms with Crippen molar-refractivity contribution < 1.29 is 23.5 Å². The zero-order valence-corrected chi connectivity index (χ0v) is 22.1. The van der Waals surface area contributed by atoms with Crippen molar-refractivity contribution in [2.75, 3.05) is 18.4 Å². The summed E-state index contributed by atoms with van der Waals surface area (Å²) in [5.74, 6) is -2.74. The molecular weight excluding hydrogens is 500 g/mol. The summed E-state index contributed by atoms with van der Waals surface area (Å²) in [4.78, 5) is 36.8. The lowest BCUT2D eigenvalue weighted by Gasteiger charge is -2.36. The normalized spacial score (nSPS) is 22.9.